The fourth-order valence-electron chi connectivity index (χ4n) is 1.63. The van der Waals surface area contributed by atoms with Gasteiger partial charge in [0.25, 0.3) is 0 Å². The summed E-state index contributed by atoms with van der Waals surface area (Å²) in [5, 5.41) is 8.60. The summed E-state index contributed by atoms with van der Waals surface area (Å²) in [7, 11) is 3.82. The number of hydrogen-bond acceptors (Lipinski definition) is 2. The molecular formula is C17H29NO2Sn. The minimum Gasteiger partial charge on any atom is -0.478 e. The van der Waals surface area contributed by atoms with Gasteiger partial charge in [-0.15, -0.1) is 0 Å². The molecule has 0 amide bonds. The molecule has 0 spiro atoms. The summed E-state index contributed by atoms with van der Waals surface area (Å²) in [4.78, 5) is 12.4. The van der Waals surface area contributed by atoms with E-state index in [9.17, 15) is 4.79 Å². The van der Waals surface area contributed by atoms with Crippen molar-refractivity contribution in [1.29, 1.82) is 0 Å². The van der Waals surface area contributed by atoms with Crippen LogP contribution in [-0.4, -0.2) is 46.3 Å². The first-order valence-electron chi connectivity index (χ1n) is 7.74. The zero-order chi connectivity index (χ0) is 16.1. The summed E-state index contributed by atoms with van der Waals surface area (Å²) in [6.45, 7) is 4.58. The van der Waals surface area contributed by atoms with E-state index in [0.717, 1.165) is 5.69 Å². The van der Waals surface area contributed by atoms with Crippen molar-refractivity contribution < 1.29 is 9.90 Å². The van der Waals surface area contributed by atoms with Gasteiger partial charge in [0.1, 0.15) is 0 Å². The third kappa shape index (κ3) is 10.6. The molecule has 0 aliphatic heterocycles. The molecule has 3 nitrogen and oxygen atoms in total. The number of hydrogen-bond donors (Lipinski definition) is 1. The maximum absolute atomic E-state index is 10.5. The molecule has 1 rings (SSSR count). The Morgan fingerprint density at radius 2 is 1.52 bits per heavy atom. The molecule has 0 saturated heterocycles. The first kappa shape index (κ1) is 20.3. The van der Waals surface area contributed by atoms with E-state index in [1.165, 1.54) is 25.7 Å². The summed E-state index contributed by atoms with van der Waals surface area (Å²) in [6, 6.07) is 6.75. The van der Waals surface area contributed by atoms with Crippen LogP contribution >= 0.6 is 0 Å². The van der Waals surface area contributed by atoms with Crippen LogP contribution in [0, 0.1) is 0 Å². The second-order valence-electron chi connectivity index (χ2n) is 5.20. The molecule has 0 fully saturated rings. The molecule has 0 heterocycles. The van der Waals surface area contributed by atoms with Gasteiger partial charge >= 0.3 is 75.5 Å². The largest absolute Gasteiger partial charge is 0.478 e. The number of carbonyl (C=O) groups is 1. The van der Waals surface area contributed by atoms with Crippen LogP contribution < -0.4 is 4.90 Å². The molecule has 2 radical (unpaired) electrons. The molecule has 0 aliphatic rings. The second kappa shape index (κ2) is 13.0. The number of rotatable bonds is 8. The Kier molecular flexibility index (Phi) is 12.5. The predicted octanol–water partition coefficient (Wildman–Crippen LogP) is 4.58. The second-order valence-corrected chi connectivity index (χ2v) is 9.48. The van der Waals surface area contributed by atoms with E-state index in [0.29, 0.717) is 5.56 Å². The minimum atomic E-state index is -0.889. The molecule has 0 aromatic heterocycles. The van der Waals surface area contributed by atoms with Crippen LogP contribution in [0.1, 0.15) is 49.9 Å². The molecule has 1 aromatic carbocycles. The Hall–Kier alpha value is -0.711. The summed E-state index contributed by atoms with van der Waals surface area (Å²) < 4.78 is 3.25. The average molecular weight is 398 g/mol. The molecular weight excluding hydrogens is 369 g/mol. The molecule has 21 heavy (non-hydrogen) atoms. The number of carboxylic acid groups (broad SMARTS) is 1. The number of aromatic carboxylic acids is 1. The van der Waals surface area contributed by atoms with Gasteiger partial charge in [-0.2, -0.15) is 0 Å². The van der Waals surface area contributed by atoms with Crippen LogP contribution in [0.15, 0.2) is 24.3 Å². The normalized spacial score (nSPS) is 9.71. The van der Waals surface area contributed by atoms with Crippen molar-refractivity contribution in [2.75, 3.05) is 19.0 Å². The fraction of sp³-hybridized carbons (Fsp3) is 0.588. The smallest absolute Gasteiger partial charge is 0.335 e. The Morgan fingerprint density at radius 1 is 1.05 bits per heavy atom. The molecule has 0 saturated carbocycles. The standard InChI is InChI=1S/C9H11NO2.2C4H9.Sn/c1-10(2)8-5-3-7(4-6-8)9(11)12;2*1-3-4-2;/h3-6H,1-2H3,(H,11,12);2*1,3-4H2,2H3;. The first-order valence-corrected chi connectivity index (χ1v) is 11.8. The predicted molar refractivity (Wildman–Crippen MR) is 92.9 cm³/mol. The van der Waals surface area contributed by atoms with E-state index < -0.39 is 5.97 Å². The van der Waals surface area contributed by atoms with Gasteiger partial charge in [-0.3, -0.25) is 0 Å². The van der Waals surface area contributed by atoms with Crippen molar-refractivity contribution in [3.63, 3.8) is 0 Å². The molecule has 4 heteroatoms. The molecule has 1 N–H and O–H groups in total. The number of anilines is 1. The Morgan fingerprint density at radius 3 is 1.86 bits per heavy atom. The number of nitrogens with zero attached hydrogens (tertiary/aromatic N) is 1. The van der Waals surface area contributed by atoms with Crippen LogP contribution in [0.5, 0.6) is 0 Å². The van der Waals surface area contributed by atoms with E-state index in [-0.39, 0.29) is 21.1 Å². The van der Waals surface area contributed by atoms with E-state index in [1.807, 2.05) is 19.0 Å². The van der Waals surface area contributed by atoms with Crippen LogP contribution in [0.4, 0.5) is 5.69 Å². The molecule has 118 valence electrons. The topological polar surface area (TPSA) is 40.5 Å². The van der Waals surface area contributed by atoms with Crippen LogP contribution in [-0.2, 0) is 0 Å². The number of benzene rings is 1. The first-order chi connectivity index (χ1) is 10.0. The van der Waals surface area contributed by atoms with E-state index in [4.69, 9.17) is 5.11 Å². The monoisotopic (exact) mass is 399 g/mol. The van der Waals surface area contributed by atoms with Crippen LogP contribution in [0.3, 0.4) is 0 Å². The van der Waals surface area contributed by atoms with Crippen molar-refractivity contribution >= 4 is 32.8 Å². The Labute approximate surface area is 140 Å². The van der Waals surface area contributed by atoms with Gasteiger partial charge in [-0.25, -0.2) is 4.79 Å². The van der Waals surface area contributed by atoms with Gasteiger partial charge in [0, 0.05) is 19.8 Å². The summed E-state index contributed by atoms with van der Waals surface area (Å²) >= 11 is 0.149. The van der Waals surface area contributed by atoms with Gasteiger partial charge in [0.15, 0.2) is 0 Å². The summed E-state index contributed by atoms with van der Waals surface area (Å²) in [5.74, 6) is -0.889. The molecule has 0 unspecified atom stereocenters. The van der Waals surface area contributed by atoms with E-state index in [1.54, 1.807) is 33.1 Å². The molecule has 0 aliphatic carbocycles. The fourth-order valence-corrected chi connectivity index (χ4v) is 5.79. The van der Waals surface area contributed by atoms with Crippen LogP contribution in [0.25, 0.3) is 0 Å². The van der Waals surface area contributed by atoms with Gasteiger partial charge < -0.3 is 10.0 Å². The maximum Gasteiger partial charge on any atom is 0.335 e. The van der Waals surface area contributed by atoms with Crippen molar-refractivity contribution in [3.8, 4) is 0 Å². The third-order valence-corrected chi connectivity index (χ3v) is 7.08. The molecule has 1 aromatic rings. The molecule has 0 bridgehead atoms. The van der Waals surface area contributed by atoms with Gasteiger partial charge in [-0.1, -0.05) is 0 Å². The maximum atomic E-state index is 10.5. The summed E-state index contributed by atoms with van der Waals surface area (Å²) in [6.07, 6.45) is 5.84. The van der Waals surface area contributed by atoms with Gasteiger partial charge in [0.05, 0.1) is 5.56 Å². The summed E-state index contributed by atoms with van der Waals surface area (Å²) in [5.41, 5.74) is 1.32. The van der Waals surface area contributed by atoms with Crippen LogP contribution in [0.2, 0.25) is 8.87 Å². The van der Waals surface area contributed by atoms with Crippen molar-refractivity contribution in [3.05, 3.63) is 29.8 Å². The van der Waals surface area contributed by atoms with Crippen molar-refractivity contribution in [1.82, 2.24) is 0 Å². The van der Waals surface area contributed by atoms with E-state index in [2.05, 4.69) is 13.8 Å². The Bertz CT molecular complexity index is 371. The number of unbranched alkanes of at least 4 members (excludes halogenated alkanes) is 2. The SMILES string of the molecule is CCC[CH2][Sn][CH2]CCC.CN(C)c1ccc(C(=O)O)cc1. The quantitative estimate of drug-likeness (QED) is 0.515. The number of carboxylic acids is 1. The Balaban J connectivity index is 0.000000400. The zero-order valence-electron chi connectivity index (χ0n) is 13.9. The zero-order valence-corrected chi connectivity index (χ0v) is 16.7. The van der Waals surface area contributed by atoms with Gasteiger partial charge in [0.2, 0.25) is 0 Å². The minimum absolute atomic E-state index is 0.149. The van der Waals surface area contributed by atoms with Crippen molar-refractivity contribution in [2.24, 2.45) is 0 Å². The third-order valence-electron chi connectivity index (χ3n) is 3.04. The van der Waals surface area contributed by atoms with Gasteiger partial charge in [-0.05, 0) is 24.3 Å². The average Bonchev–Trinajstić information content (AvgIpc) is 2.48. The van der Waals surface area contributed by atoms with Crippen molar-refractivity contribution in [2.45, 2.75) is 48.4 Å². The molecule has 0 atom stereocenters. The van der Waals surface area contributed by atoms with E-state index >= 15 is 0 Å².